The summed E-state index contributed by atoms with van der Waals surface area (Å²) >= 11 is 0. The van der Waals surface area contributed by atoms with Crippen molar-refractivity contribution in [3.8, 4) is 11.4 Å². The van der Waals surface area contributed by atoms with Crippen LogP contribution in [0.5, 0.6) is 5.75 Å². The van der Waals surface area contributed by atoms with Gasteiger partial charge in [-0.05, 0) is 63.6 Å². The van der Waals surface area contributed by atoms with Crippen LogP contribution < -0.4 is 10.3 Å². The van der Waals surface area contributed by atoms with E-state index in [1.807, 2.05) is 26.0 Å². The Kier molecular flexibility index (Phi) is 7.06. The monoisotopic (exact) mass is 500 g/mol. The maximum Gasteiger partial charge on any atom is 0.273 e. The number of nitro benzene ring substituents is 1. The van der Waals surface area contributed by atoms with Crippen LogP contribution in [-0.2, 0) is 0 Å². The zero-order valence-corrected chi connectivity index (χ0v) is 21.4. The van der Waals surface area contributed by atoms with E-state index in [0.717, 1.165) is 5.56 Å². The van der Waals surface area contributed by atoms with E-state index in [0.29, 0.717) is 33.7 Å². The van der Waals surface area contributed by atoms with E-state index in [1.165, 1.54) is 17.7 Å². The van der Waals surface area contributed by atoms with Crippen molar-refractivity contribution in [1.82, 2.24) is 14.5 Å². The van der Waals surface area contributed by atoms with E-state index in [1.54, 1.807) is 61.2 Å². The number of amides is 1. The number of nitro groups is 1. The molecule has 0 N–H and O–H groups in total. The van der Waals surface area contributed by atoms with Crippen LogP contribution >= 0.6 is 0 Å². The van der Waals surface area contributed by atoms with E-state index in [4.69, 9.17) is 9.72 Å². The number of hydrogen-bond acceptors (Lipinski definition) is 6. The standard InChI is InChI=1S/C28H28N4O5/c1-6-30(27(33)20-13-12-18(3)23(16-20)32(35)36)19(4)26-29-22-10-8-7-9-21(22)28(34)31(26)24-15-17(2)11-14-25(24)37-5/h7-16,19H,6H2,1-5H3. The normalized spacial score (nSPS) is 11.8. The van der Waals surface area contributed by atoms with E-state index in [2.05, 4.69) is 0 Å². The van der Waals surface area contributed by atoms with Gasteiger partial charge in [-0.25, -0.2) is 4.98 Å². The first kappa shape index (κ1) is 25.6. The van der Waals surface area contributed by atoms with Gasteiger partial charge in [-0.3, -0.25) is 24.3 Å². The second kappa shape index (κ2) is 10.2. The van der Waals surface area contributed by atoms with Crippen molar-refractivity contribution in [3.63, 3.8) is 0 Å². The molecule has 0 bridgehead atoms. The molecule has 1 unspecified atom stereocenters. The van der Waals surface area contributed by atoms with Crippen molar-refractivity contribution < 1.29 is 14.5 Å². The highest BCUT2D eigenvalue weighted by Gasteiger charge is 2.28. The molecule has 1 atom stereocenters. The molecule has 1 heterocycles. The van der Waals surface area contributed by atoms with Crippen molar-refractivity contribution in [2.75, 3.05) is 13.7 Å². The molecule has 9 nitrogen and oxygen atoms in total. The van der Waals surface area contributed by atoms with Crippen LogP contribution in [0.25, 0.3) is 16.6 Å². The topological polar surface area (TPSA) is 108 Å². The Morgan fingerprint density at radius 1 is 1.14 bits per heavy atom. The van der Waals surface area contributed by atoms with Gasteiger partial charge >= 0.3 is 0 Å². The third-order valence-corrected chi connectivity index (χ3v) is 6.47. The average molecular weight is 501 g/mol. The van der Waals surface area contributed by atoms with Gasteiger partial charge in [0.2, 0.25) is 0 Å². The lowest BCUT2D eigenvalue weighted by molar-refractivity contribution is -0.385. The number of methoxy groups -OCH3 is 1. The van der Waals surface area contributed by atoms with Gasteiger partial charge in [0.05, 0.1) is 34.7 Å². The number of para-hydroxylation sites is 1. The molecular weight excluding hydrogens is 472 g/mol. The Balaban J connectivity index is 1.93. The SMILES string of the molecule is CCN(C(=O)c1ccc(C)c([N+](=O)[O-])c1)C(C)c1nc2ccccc2c(=O)n1-c1cc(C)ccc1OC. The van der Waals surface area contributed by atoms with Crippen molar-refractivity contribution >= 4 is 22.5 Å². The Bertz CT molecular complexity index is 1580. The Morgan fingerprint density at radius 3 is 2.54 bits per heavy atom. The summed E-state index contributed by atoms with van der Waals surface area (Å²) in [4.78, 5) is 44.8. The number of carbonyl (C=O) groups excluding carboxylic acids is 1. The smallest absolute Gasteiger partial charge is 0.273 e. The minimum absolute atomic E-state index is 0.125. The lowest BCUT2D eigenvalue weighted by Crippen LogP contribution is -2.37. The molecule has 3 aromatic carbocycles. The highest BCUT2D eigenvalue weighted by molar-refractivity contribution is 5.95. The molecule has 0 aliphatic heterocycles. The van der Waals surface area contributed by atoms with Crippen LogP contribution in [0.1, 0.15) is 47.2 Å². The fourth-order valence-corrected chi connectivity index (χ4v) is 4.48. The molecule has 0 saturated heterocycles. The molecule has 0 aliphatic carbocycles. The molecule has 37 heavy (non-hydrogen) atoms. The molecule has 1 aromatic heterocycles. The van der Waals surface area contributed by atoms with Crippen molar-refractivity contribution in [3.05, 3.63) is 104 Å². The van der Waals surface area contributed by atoms with Crippen molar-refractivity contribution in [1.29, 1.82) is 0 Å². The molecule has 4 rings (SSSR count). The summed E-state index contributed by atoms with van der Waals surface area (Å²) in [6.07, 6.45) is 0. The minimum Gasteiger partial charge on any atom is -0.495 e. The molecule has 4 aromatic rings. The lowest BCUT2D eigenvalue weighted by Gasteiger charge is -2.30. The molecular formula is C28H28N4O5. The van der Waals surface area contributed by atoms with Gasteiger partial charge in [0.25, 0.3) is 17.2 Å². The van der Waals surface area contributed by atoms with Crippen LogP contribution in [-0.4, -0.2) is 38.9 Å². The molecule has 0 radical (unpaired) electrons. The molecule has 190 valence electrons. The molecule has 1 amide bonds. The fraction of sp³-hybridized carbons (Fsp3) is 0.250. The van der Waals surface area contributed by atoms with Gasteiger partial charge in [0.15, 0.2) is 0 Å². The van der Waals surface area contributed by atoms with Crippen LogP contribution in [0.2, 0.25) is 0 Å². The van der Waals surface area contributed by atoms with Gasteiger partial charge in [0.1, 0.15) is 11.6 Å². The molecule has 0 saturated carbocycles. The number of fused-ring (bicyclic) bond motifs is 1. The summed E-state index contributed by atoms with van der Waals surface area (Å²) in [7, 11) is 1.53. The number of hydrogen-bond donors (Lipinski definition) is 0. The second-order valence-corrected chi connectivity index (χ2v) is 8.83. The number of rotatable bonds is 7. The Hall–Kier alpha value is -4.53. The van der Waals surface area contributed by atoms with E-state index in [9.17, 15) is 19.7 Å². The zero-order chi connectivity index (χ0) is 26.9. The molecule has 0 aliphatic rings. The predicted octanol–water partition coefficient (Wildman–Crippen LogP) is 5.14. The van der Waals surface area contributed by atoms with Crippen LogP contribution in [0, 0.1) is 24.0 Å². The number of benzene rings is 3. The van der Waals surface area contributed by atoms with Crippen LogP contribution in [0.3, 0.4) is 0 Å². The van der Waals surface area contributed by atoms with E-state index < -0.39 is 16.9 Å². The number of aryl methyl sites for hydroxylation is 2. The second-order valence-electron chi connectivity index (χ2n) is 8.83. The Morgan fingerprint density at radius 2 is 1.86 bits per heavy atom. The highest BCUT2D eigenvalue weighted by Crippen LogP contribution is 2.30. The van der Waals surface area contributed by atoms with Crippen LogP contribution in [0.15, 0.2) is 65.5 Å². The molecule has 9 heteroatoms. The lowest BCUT2D eigenvalue weighted by atomic mass is 10.1. The zero-order valence-electron chi connectivity index (χ0n) is 21.4. The van der Waals surface area contributed by atoms with Crippen molar-refractivity contribution in [2.45, 2.75) is 33.7 Å². The van der Waals surface area contributed by atoms with Gasteiger partial charge in [0, 0.05) is 23.7 Å². The summed E-state index contributed by atoms with van der Waals surface area (Å²) in [6, 6.07) is 16.3. The summed E-state index contributed by atoms with van der Waals surface area (Å²) in [5.74, 6) is 0.439. The summed E-state index contributed by atoms with van der Waals surface area (Å²) < 4.78 is 7.07. The van der Waals surface area contributed by atoms with Crippen LogP contribution in [0.4, 0.5) is 5.69 Å². The van der Waals surface area contributed by atoms with Gasteiger partial charge in [-0.2, -0.15) is 0 Å². The van der Waals surface area contributed by atoms with E-state index >= 15 is 0 Å². The minimum atomic E-state index is -0.652. The first-order valence-corrected chi connectivity index (χ1v) is 11.9. The summed E-state index contributed by atoms with van der Waals surface area (Å²) in [6.45, 7) is 7.43. The number of carbonyl (C=O) groups is 1. The Labute approximate surface area is 214 Å². The van der Waals surface area contributed by atoms with Gasteiger partial charge < -0.3 is 9.64 Å². The first-order valence-electron chi connectivity index (χ1n) is 11.9. The molecule has 0 spiro atoms. The molecule has 0 fully saturated rings. The summed E-state index contributed by atoms with van der Waals surface area (Å²) in [5, 5.41) is 11.9. The third-order valence-electron chi connectivity index (χ3n) is 6.47. The maximum atomic E-state index is 13.8. The summed E-state index contributed by atoms with van der Waals surface area (Å²) in [5.41, 5.74) is 2.19. The number of aromatic nitrogens is 2. The van der Waals surface area contributed by atoms with Gasteiger partial charge in [-0.15, -0.1) is 0 Å². The van der Waals surface area contributed by atoms with E-state index in [-0.39, 0.29) is 23.4 Å². The average Bonchev–Trinajstić information content (AvgIpc) is 2.89. The maximum absolute atomic E-state index is 13.8. The number of nitrogens with zero attached hydrogens (tertiary/aromatic N) is 4. The van der Waals surface area contributed by atoms with Crippen molar-refractivity contribution in [2.24, 2.45) is 0 Å². The highest BCUT2D eigenvalue weighted by atomic mass is 16.6. The van der Waals surface area contributed by atoms with Gasteiger partial charge in [-0.1, -0.05) is 24.3 Å². The predicted molar refractivity (Wildman–Crippen MR) is 142 cm³/mol. The number of ether oxygens (including phenoxy) is 1. The largest absolute Gasteiger partial charge is 0.495 e. The first-order chi connectivity index (χ1) is 17.7. The quantitative estimate of drug-likeness (QED) is 0.257. The third kappa shape index (κ3) is 4.67. The fourth-order valence-electron chi connectivity index (χ4n) is 4.48.